The molecule has 216 valence electrons. The molecule has 0 spiro atoms. The molecule has 0 unspecified atom stereocenters. The van der Waals surface area contributed by atoms with Crippen LogP contribution in [0.15, 0.2) is 101 Å². The Hall–Kier alpha value is -5.55. The van der Waals surface area contributed by atoms with Gasteiger partial charge < -0.3 is 14.8 Å². The van der Waals surface area contributed by atoms with Crippen LogP contribution >= 0.6 is 11.3 Å². The van der Waals surface area contributed by atoms with Gasteiger partial charge in [0.05, 0.1) is 23.9 Å². The number of aryl methyl sites for hydroxylation is 1. The zero-order valence-corrected chi connectivity index (χ0v) is 24.1. The van der Waals surface area contributed by atoms with Crippen LogP contribution in [0.25, 0.3) is 11.3 Å². The van der Waals surface area contributed by atoms with Crippen molar-refractivity contribution in [2.75, 3.05) is 12.4 Å². The van der Waals surface area contributed by atoms with Gasteiger partial charge in [0, 0.05) is 34.3 Å². The van der Waals surface area contributed by atoms with Crippen LogP contribution in [0.4, 0.5) is 16.5 Å². The van der Waals surface area contributed by atoms with Gasteiger partial charge in [0.1, 0.15) is 6.61 Å². The summed E-state index contributed by atoms with van der Waals surface area (Å²) in [7, 11) is 1.51. The molecule has 0 saturated carbocycles. The largest absolute Gasteiger partial charge is 0.493 e. The lowest BCUT2D eigenvalue weighted by atomic mass is 10.1. The van der Waals surface area contributed by atoms with Crippen molar-refractivity contribution in [2.45, 2.75) is 13.5 Å². The normalized spacial score (nSPS) is 10.8. The second-order valence-electron chi connectivity index (χ2n) is 9.43. The van der Waals surface area contributed by atoms with Crippen LogP contribution in [0.5, 0.6) is 11.5 Å². The number of nitro groups is 1. The lowest BCUT2D eigenvalue weighted by Gasteiger charge is -2.11. The molecule has 5 aromatic rings. The summed E-state index contributed by atoms with van der Waals surface area (Å²) >= 11 is 1.51. The number of amides is 1. The van der Waals surface area contributed by atoms with E-state index in [4.69, 9.17) is 9.47 Å². The second kappa shape index (κ2) is 13.4. The number of carbonyl (C=O) groups excluding carboxylic acids is 1. The number of nitrogens with zero attached hydrogens (tertiary/aromatic N) is 3. The molecular weight excluding hydrogens is 566 g/mol. The molecule has 2 N–H and O–H groups in total. The fourth-order valence-electron chi connectivity index (χ4n) is 4.05. The van der Waals surface area contributed by atoms with E-state index in [0.29, 0.717) is 28.2 Å². The molecule has 0 fully saturated rings. The first-order valence-electron chi connectivity index (χ1n) is 13.1. The van der Waals surface area contributed by atoms with E-state index >= 15 is 0 Å². The SMILES string of the molecule is COc1cc(/C=N\NC(=O)c2ccc(-c3csc(Nc4ccc(C)cc4)n3)cc2)ccc1OCc1cccc([N+](=O)[O-])c1. The van der Waals surface area contributed by atoms with Gasteiger partial charge in [0.2, 0.25) is 0 Å². The third-order valence-electron chi connectivity index (χ3n) is 6.33. The van der Waals surface area contributed by atoms with Crippen molar-refractivity contribution in [1.29, 1.82) is 0 Å². The Balaban J connectivity index is 1.16. The fourth-order valence-corrected chi connectivity index (χ4v) is 4.79. The number of thiazole rings is 1. The molecule has 0 aliphatic carbocycles. The van der Waals surface area contributed by atoms with Crippen molar-refractivity contribution in [2.24, 2.45) is 5.10 Å². The number of nitro benzene ring substituents is 1. The first kappa shape index (κ1) is 29.0. The van der Waals surface area contributed by atoms with Crippen LogP contribution < -0.4 is 20.2 Å². The molecule has 0 saturated heterocycles. The minimum Gasteiger partial charge on any atom is -0.493 e. The molecule has 0 aliphatic rings. The van der Waals surface area contributed by atoms with Gasteiger partial charge in [-0.3, -0.25) is 14.9 Å². The zero-order valence-electron chi connectivity index (χ0n) is 23.3. The molecule has 5 rings (SSSR count). The van der Waals surface area contributed by atoms with E-state index in [9.17, 15) is 14.9 Å². The number of hydrogen-bond donors (Lipinski definition) is 2. The lowest BCUT2D eigenvalue weighted by molar-refractivity contribution is -0.384. The average molecular weight is 594 g/mol. The van der Waals surface area contributed by atoms with E-state index in [2.05, 4.69) is 20.8 Å². The predicted molar refractivity (Wildman–Crippen MR) is 167 cm³/mol. The molecule has 0 radical (unpaired) electrons. The summed E-state index contributed by atoms with van der Waals surface area (Å²) in [5.41, 5.74) is 8.20. The number of non-ortho nitro benzene ring substituents is 1. The highest BCUT2D eigenvalue weighted by molar-refractivity contribution is 7.14. The van der Waals surface area contributed by atoms with E-state index in [-0.39, 0.29) is 18.2 Å². The minimum atomic E-state index is -0.449. The molecule has 43 heavy (non-hydrogen) atoms. The molecule has 0 atom stereocenters. The number of anilines is 2. The Kier molecular flexibility index (Phi) is 9.03. The van der Waals surface area contributed by atoms with Gasteiger partial charge in [0.15, 0.2) is 16.6 Å². The number of hydrogen-bond acceptors (Lipinski definition) is 9. The standard InChI is InChI=1S/C32H27N5O5S/c1-21-6-13-26(14-7-21)34-32-35-28(20-43-32)24-9-11-25(12-10-24)31(38)36-33-18-22-8-15-29(30(17-22)41-2)42-19-23-4-3-5-27(16-23)37(39)40/h3-18,20H,19H2,1-2H3,(H,34,35)(H,36,38)/b33-18-. The summed E-state index contributed by atoms with van der Waals surface area (Å²) in [6.45, 7) is 2.18. The summed E-state index contributed by atoms with van der Waals surface area (Å²) in [5.74, 6) is 0.565. The number of benzene rings is 4. The molecule has 1 heterocycles. The van der Waals surface area contributed by atoms with E-state index in [0.717, 1.165) is 22.1 Å². The maximum Gasteiger partial charge on any atom is 0.271 e. The van der Waals surface area contributed by atoms with Crippen LogP contribution in [0.2, 0.25) is 0 Å². The number of aromatic nitrogens is 1. The van der Waals surface area contributed by atoms with Crippen molar-refractivity contribution in [3.05, 3.63) is 129 Å². The summed E-state index contributed by atoms with van der Waals surface area (Å²) < 4.78 is 11.2. The van der Waals surface area contributed by atoms with Gasteiger partial charge in [-0.2, -0.15) is 5.10 Å². The van der Waals surface area contributed by atoms with Crippen molar-refractivity contribution in [3.63, 3.8) is 0 Å². The molecule has 4 aromatic carbocycles. The molecule has 0 aliphatic heterocycles. The van der Waals surface area contributed by atoms with Gasteiger partial charge >= 0.3 is 0 Å². The smallest absolute Gasteiger partial charge is 0.271 e. The molecule has 1 aromatic heterocycles. The van der Waals surface area contributed by atoms with Crippen LogP contribution in [-0.2, 0) is 6.61 Å². The first-order valence-corrected chi connectivity index (χ1v) is 14.0. The zero-order chi connectivity index (χ0) is 30.2. The summed E-state index contributed by atoms with van der Waals surface area (Å²) in [5, 5.41) is 21.1. The van der Waals surface area contributed by atoms with Crippen LogP contribution in [0, 0.1) is 17.0 Å². The quantitative estimate of drug-likeness (QED) is 0.0948. The number of ether oxygens (including phenoxy) is 2. The lowest BCUT2D eigenvalue weighted by Crippen LogP contribution is -2.17. The molecule has 1 amide bonds. The van der Waals surface area contributed by atoms with Crippen molar-refractivity contribution < 1.29 is 19.2 Å². The molecule has 10 nitrogen and oxygen atoms in total. The number of carbonyl (C=O) groups is 1. The fraction of sp³-hybridized carbons (Fsp3) is 0.0938. The Labute approximate surface area is 251 Å². The minimum absolute atomic E-state index is 0.00204. The highest BCUT2D eigenvalue weighted by atomic mass is 32.1. The Morgan fingerprint density at radius 2 is 1.81 bits per heavy atom. The van der Waals surface area contributed by atoms with Crippen LogP contribution in [0.1, 0.15) is 27.0 Å². The van der Waals surface area contributed by atoms with E-state index in [1.807, 2.05) is 48.7 Å². The highest BCUT2D eigenvalue weighted by Crippen LogP contribution is 2.29. The van der Waals surface area contributed by atoms with E-state index < -0.39 is 4.92 Å². The van der Waals surface area contributed by atoms with Crippen molar-refractivity contribution in [3.8, 4) is 22.8 Å². The van der Waals surface area contributed by atoms with Gasteiger partial charge in [0.25, 0.3) is 11.6 Å². The Morgan fingerprint density at radius 1 is 1.02 bits per heavy atom. The van der Waals surface area contributed by atoms with Gasteiger partial charge in [-0.1, -0.05) is 42.0 Å². The summed E-state index contributed by atoms with van der Waals surface area (Å²) in [6, 6.07) is 26.7. The maximum atomic E-state index is 12.6. The molecule has 0 bridgehead atoms. The average Bonchev–Trinajstić information content (AvgIpc) is 3.50. The third-order valence-corrected chi connectivity index (χ3v) is 7.09. The first-order chi connectivity index (χ1) is 20.9. The van der Waals surface area contributed by atoms with Crippen LogP contribution in [0.3, 0.4) is 0 Å². The number of hydrazone groups is 1. The monoisotopic (exact) mass is 593 g/mol. The van der Waals surface area contributed by atoms with Gasteiger partial charge in [-0.15, -0.1) is 11.3 Å². The van der Waals surface area contributed by atoms with E-state index in [1.165, 1.54) is 42.4 Å². The Bertz CT molecular complexity index is 1770. The number of rotatable bonds is 11. The third kappa shape index (κ3) is 7.60. The number of nitrogens with one attached hydrogen (secondary N) is 2. The topological polar surface area (TPSA) is 128 Å². The van der Waals surface area contributed by atoms with Gasteiger partial charge in [-0.25, -0.2) is 10.4 Å². The molecular formula is C32H27N5O5S. The predicted octanol–water partition coefficient (Wildman–Crippen LogP) is 7.12. The number of methoxy groups -OCH3 is 1. The summed E-state index contributed by atoms with van der Waals surface area (Å²) in [4.78, 5) is 27.8. The van der Waals surface area contributed by atoms with Gasteiger partial charge in [-0.05, 0) is 60.5 Å². The van der Waals surface area contributed by atoms with Crippen molar-refractivity contribution >= 4 is 40.0 Å². The van der Waals surface area contributed by atoms with E-state index in [1.54, 1.807) is 42.5 Å². The summed E-state index contributed by atoms with van der Waals surface area (Å²) in [6.07, 6.45) is 1.50. The van der Waals surface area contributed by atoms with Crippen LogP contribution in [-0.4, -0.2) is 29.1 Å². The molecule has 11 heteroatoms. The second-order valence-corrected chi connectivity index (χ2v) is 10.3. The Morgan fingerprint density at radius 3 is 2.56 bits per heavy atom. The van der Waals surface area contributed by atoms with Crippen molar-refractivity contribution in [1.82, 2.24) is 10.4 Å². The highest BCUT2D eigenvalue weighted by Gasteiger charge is 2.10. The maximum absolute atomic E-state index is 12.6.